The molecule has 25 heavy (non-hydrogen) atoms. The lowest BCUT2D eigenvalue weighted by atomic mass is 10.0. The van der Waals surface area contributed by atoms with Gasteiger partial charge in [0, 0.05) is 31.7 Å². The number of likely N-dealkylation sites (N-methyl/N-ethyl adjacent to an activating group) is 1. The molecule has 2 fully saturated rings. The highest BCUT2D eigenvalue weighted by atomic mass is 16.5. The first-order valence-corrected chi connectivity index (χ1v) is 8.79. The molecule has 4 rings (SSSR count). The third-order valence-corrected chi connectivity index (χ3v) is 5.01. The van der Waals surface area contributed by atoms with Crippen molar-refractivity contribution in [1.29, 1.82) is 0 Å². The van der Waals surface area contributed by atoms with Gasteiger partial charge in [-0.3, -0.25) is 9.59 Å². The molecule has 0 bridgehead atoms. The molecular formula is C18H22N4O3. The fourth-order valence-electron chi connectivity index (χ4n) is 3.25. The van der Waals surface area contributed by atoms with Crippen LogP contribution in [0.5, 0.6) is 0 Å². The number of carbonyl (C=O) groups excluding carboxylic acids is 2. The molecule has 3 heterocycles. The molecule has 2 amide bonds. The number of nitrogens with zero attached hydrogens (tertiary/aromatic N) is 4. The van der Waals surface area contributed by atoms with Crippen molar-refractivity contribution in [2.24, 2.45) is 0 Å². The molecule has 132 valence electrons. The Kier molecular flexibility index (Phi) is 3.74. The normalized spacial score (nSPS) is 18.5. The van der Waals surface area contributed by atoms with Crippen LogP contribution in [0.15, 0.2) is 10.6 Å². The smallest absolute Gasteiger partial charge is 0.259 e. The minimum Gasteiger partial charge on any atom is -0.342 e. The Balaban J connectivity index is 1.79. The summed E-state index contributed by atoms with van der Waals surface area (Å²) in [5.41, 5.74) is 2.63. The van der Waals surface area contributed by atoms with E-state index in [0.717, 1.165) is 24.2 Å². The second-order valence-electron chi connectivity index (χ2n) is 7.31. The van der Waals surface area contributed by atoms with E-state index >= 15 is 0 Å². The van der Waals surface area contributed by atoms with Gasteiger partial charge < -0.3 is 14.3 Å². The van der Waals surface area contributed by atoms with E-state index in [-0.39, 0.29) is 24.3 Å². The van der Waals surface area contributed by atoms with Crippen molar-refractivity contribution < 1.29 is 14.1 Å². The zero-order valence-corrected chi connectivity index (χ0v) is 14.8. The molecule has 0 aromatic carbocycles. The van der Waals surface area contributed by atoms with Crippen LogP contribution in [0.25, 0.3) is 11.1 Å². The van der Waals surface area contributed by atoms with Crippen molar-refractivity contribution in [1.82, 2.24) is 19.9 Å². The number of carbonyl (C=O) groups is 2. The zero-order chi connectivity index (χ0) is 17.7. The summed E-state index contributed by atoms with van der Waals surface area (Å²) in [7, 11) is 1.76. The lowest BCUT2D eigenvalue weighted by molar-refractivity contribution is -0.133. The molecule has 7 nitrogen and oxygen atoms in total. The molecule has 1 saturated heterocycles. The lowest BCUT2D eigenvalue weighted by Gasteiger charge is -2.32. The van der Waals surface area contributed by atoms with Crippen LogP contribution < -0.4 is 0 Å². The van der Waals surface area contributed by atoms with E-state index in [0.29, 0.717) is 35.7 Å². The molecule has 2 aliphatic rings. The quantitative estimate of drug-likeness (QED) is 0.854. The van der Waals surface area contributed by atoms with Crippen LogP contribution in [0.3, 0.4) is 0 Å². The summed E-state index contributed by atoms with van der Waals surface area (Å²) in [6.45, 7) is 5.22. The minimum absolute atomic E-state index is 0.0401. The topological polar surface area (TPSA) is 79.5 Å². The van der Waals surface area contributed by atoms with E-state index in [1.54, 1.807) is 16.8 Å². The van der Waals surface area contributed by atoms with Crippen molar-refractivity contribution in [3.63, 3.8) is 0 Å². The SMILES string of the molecule is CC(C)c1noc2nc(C3CC3)cc(C(=O)N3CCN(C)C(=O)C3)c12. The van der Waals surface area contributed by atoms with Gasteiger partial charge in [0.15, 0.2) is 0 Å². The number of fused-ring (bicyclic) bond motifs is 1. The number of hydrogen-bond donors (Lipinski definition) is 0. The highest BCUT2D eigenvalue weighted by molar-refractivity contribution is 6.07. The van der Waals surface area contributed by atoms with Crippen LogP contribution in [0.2, 0.25) is 0 Å². The van der Waals surface area contributed by atoms with E-state index in [1.807, 2.05) is 19.9 Å². The Bertz CT molecular complexity index is 853. The van der Waals surface area contributed by atoms with Gasteiger partial charge in [-0.25, -0.2) is 4.98 Å². The van der Waals surface area contributed by atoms with Gasteiger partial charge in [-0.05, 0) is 24.8 Å². The number of aromatic nitrogens is 2. The minimum atomic E-state index is -0.138. The first-order valence-electron chi connectivity index (χ1n) is 8.79. The van der Waals surface area contributed by atoms with Crippen LogP contribution in [-0.2, 0) is 4.79 Å². The second-order valence-corrected chi connectivity index (χ2v) is 7.31. The van der Waals surface area contributed by atoms with Crippen LogP contribution in [0.4, 0.5) is 0 Å². The Labute approximate surface area is 146 Å². The first kappa shape index (κ1) is 16.1. The average Bonchev–Trinajstić information content (AvgIpc) is 3.34. The summed E-state index contributed by atoms with van der Waals surface area (Å²) in [5, 5.41) is 4.84. The highest BCUT2D eigenvalue weighted by Crippen LogP contribution is 2.41. The van der Waals surface area contributed by atoms with Gasteiger partial charge in [-0.15, -0.1) is 0 Å². The predicted molar refractivity (Wildman–Crippen MR) is 91.4 cm³/mol. The number of amides is 2. The summed E-state index contributed by atoms with van der Waals surface area (Å²) in [4.78, 5) is 33.0. The van der Waals surface area contributed by atoms with Crippen LogP contribution >= 0.6 is 0 Å². The molecule has 0 spiro atoms. The molecule has 2 aromatic rings. The monoisotopic (exact) mass is 342 g/mol. The second kappa shape index (κ2) is 5.82. The van der Waals surface area contributed by atoms with Crippen molar-refractivity contribution >= 4 is 22.9 Å². The number of pyridine rings is 1. The first-order chi connectivity index (χ1) is 12.0. The van der Waals surface area contributed by atoms with E-state index in [9.17, 15) is 9.59 Å². The Morgan fingerprint density at radius 3 is 2.72 bits per heavy atom. The highest BCUT2D eigenvalue weighted by Gasteiger charge is 2.32. The van der Waals surface area contributed by atoms with Gasteiger partial charge in [0.1, 0.15) is 6.54 Å². The van der Waals surface area contributed by atoms with Crippen LogP contribution in [0, 0.1) is 0 Å². The van der Waals surface area contributed by atoms with E-state index in [1.165, 1.54) is 0 Å². The molecule has 0 atom stereocenters. The van der Waals surface area contributed by atoms with E-state index in [2.05, 4.69) is 10.1 Å². The van der Waals surface area contributed by atoms with Crippen LogP contribution in [-0.4, -0.2) is 58.4 Å². The van der Waals surface area contributed by atoms with Crippen molar-refractivity contribution in [3.8, 4) is 0 Å². The fraction of sp³-hybridized carbons (Fsp3) is 0.556. The zero-order valence-electron chi connectivity index (χ0n) is 14.8. The Morgan fingerprint density at radius 2 is 2.08 bits per heavy atom. The average molecular weight is 342 g/mol. The maximum absolute atomic E-state index is 13.2. The Hall–Kier alpha value is -2.44. The molecule has 1 aliphatic carbocycles. The number of piperazine rings is 1. The molecule has 0 radical (unpaired) electrons. The third kappa shape index (κ3) is 2.77. The van der Waals surface area contributed by atoms with Crippen LogP contribution in [0.1, 0.15) is 60.3 Å². The van der Waals surface area contributed by atoms with E-state index < -0.39 is 0 Å². The van der Waals surface area contributed by atoms with Crippen molar-refractivity contribution in [2.75, 3.05) is 26.7 Å². The molecule has 2 aromatic heterocycles. The lowest BCUT2D eigenvalue weighted by Crippen LogP contribution is -2.50. The van der Waals surface area contributed by atoms with Gasteiger partial charge in [0.2, 0.25) is 5.91 Å². The fourth-order valence-corrected chi connectivity index (χ4v) is 3.25. The maximum atomic E-state index is 13.2. The summed E-state index contributed by atoms with van der Waals surface area (Å²) < 4.78 is 5.44. The van der Waals surface area contributed by atoms with E-state index in [4.69, 9.17) is 4.52 Å². The number of rotatable bonds is 3. The summed E-state index contributed by atoms with van der Waals surface area (Å²) in [5.74, 6) is 0.343. The van der Waals surface area contributed by atoms with Crippen molar-refractivity contribution in [2.45, 2.75) is 38.5 Å². The molecule has 0 unspecified atom stereocenters. The van der Waals surface area contributed by atoms with Gasteiger partial charge in [0.05, 0.1) is 16.6 Å². The van der Waals surface area contributed by atoms with Gasteiger partial charge >= 0.3 is 0 Å². The molecule has 7 heteroatoms. The molecule has 1 aliphatic heterocycles. The maximum Gasteiger partial charge on any atom is 0.259 e. The summed E-state index contributed by atoms with van der Waals surface area (Å²) in [6.07, 6.45) is 2.18. The summed E-state index contributed by atoms with van der Waals surface area (Å²) in [6, 6.07) is 1.88. The van der Waals surface area contributed by atoms with Gasteiger partial charge in [-0.1, -0.05) is 19.0 Å². The van der Waals surface area contributed by atoms with Crippen molar-refractivity contribution in [3.05, 3.63) is 23.0 Å². The molecular weight excluding hydrogens is 320 g/mol. The summed E-state index contributed by atoms with van der Waals surface area (Å²) >= 11 is 0. The largest absolute Gasteiger partial charge is 0.342 e. The third-order valence-electron chi connectivity index (χ3n) is 5.01. The molecule has 0 N–H and O–H groups in total. The predicted octanol–water partition coefficient (Wildman–Crippen LogP) is 2.14. The Morgan fingerprint density at radius 1 is 1.32 bits per heavy atom. The van der Waals surface area contributed by atoms with Gasteiger partial charge in [0.25, 0.3) is 11.6 Å². The number of hydrogen-bond acceptors (Lipinski definition) is 5. The molecule has 1 saturated carbocycles. The standard InChI is InChI=1S/C18H22N4O3/c1-10(2)16-15-12(18(24)22-7-6-21(3)14(23)9-22)8-13(11-4-5-11)19-17(15)25-20-16/h8,10-11H,4-7,9H2,1-3H3. The van der Waals surface area contributed by atoms with Gasteiger partial charge in [-0.2, -0.15) is 0 Å².